The Morgan fingerprint density at radius 1 is 0.539 bits per heavy atom. The fraction of sp³-hybridized carbons (Fsp3) is 0.520. The fourth-order valence-corrected chi connectivity index (χ4v) is 7.79. The van der Waals surface area contributed by atoms with Crippen molar-refractivity contribution in [1.82, 2.24) is 42.5 Å². The third-order valence-electron chi connectivity index (χ3n) is 11.2. The summed E-state index contributed by atoms with van der Waals surface area (Å²) in [4.78, 5) is 155. The molecule has 76 heavy (non-hydrogen) atoms. The van der Waals surface area contributed by atoms with Gasteiger partial charge < -0.3 is 69.3 Å². The van der Waals surface area contributed by atoms with Crippen molar-refractivity contribution in [2.24, 2.45) is 23.3 Å². The van der Waals surface area contributed by atoms with E-state index in [-0.39, 0.29) is 54.1 Å². The number of aliphatic carboxylic acids is 2. The van der Waals surface area contributed by atoms with Crippen LogP contribution in [-0.2, 0) is 70.4 Å². The number of carboxylic acids is 2. The number of rotatable bonds is 33. The number of carbonyl (C=O) groups excluding carboxylic acids is 10. The van der Waals surface area contributed by atoms with Crippen molar-refractivity contribution in [2.75, 3.05) is 12.3 Å². The second kappa shape index (κ2) is 32.6. The summed E-state index contributed by atoms with van der Waals surface area (Å²) in [5.74, 6) is -11.3. The number of carbonyl (C=O) groups is 12. The van der Waals surface area contributed by atoms with Gasteiger partial charge in [0.2, 0.25) is 53.2 Å². The Morgan fingerprint density at radius 2 is 0.974 bits per heavy atom. The van der Waals surface area contributed by atoms with Gasteiger partial charge in [-0.05, 0) is 67.7 Å². The number of phenolic OH excluding ortho intramolecular Hbond substituents is 1. The van der Waals surface area contributed by atoms with Gasteiger partial charge in [0, 0.05) is 38.4 Å². The van der Waals surface area contributed by atoms with Gasteiger partial charge in [0.25, 0.3) is 0 Å². The van der Waals surface area contributed by atoms with Gasteiger partial charge in [0.1, 0.15) is 48.0 Å². The maximum atomic E-state index is 14.3. The Labute approximate surface area is 444 Å². The first-order valence-electron chi connectivity index (χ1n) is 24.5. The molecule has 2 aromatic rings. The minimum Gasteiger partial charge on any atom is -0.508 e. The van der Waals surface area contributed by atoms with Gasteiger partial charge in [0.05, 0.1) is 12.6 Å². The minimum atomic E-state index is -1.70. The van der Waals surface area contributed by atoms with Crippen molar-refractivity contribution in [2.45, 2.75) is 141 Å². The van der Waals surface area contributed by atoms with E-state index in [9.17, 15) is 67.7 Å². The van der Waals surface area contributed by atoms with Crippen molar-refractivity contribution in [3.05, 3.63) is 65.7 Å². The van der Waals surface area contributed by atoms with Crippen LogP contribution in [0.25, 0.3) is 0 Å². The highest BCUT2D eigenvalue weighted by Crippen LogP contribution is 2.15. The van der Waals surface area contributed by atoms with Crippen LogP contribution in [0.1, 0.15) is 91.2 Å². The SMILES string of the molecule is CC(=O)SC[C@H](N)C(=O)NCC(=O)N[C@@H](C)C(=O)N[C@@H](Cc1ccccc1)C(=O)N[C@@H](CC(C)C)C(=O)N[C@@H](CC(C)C)C(=O)N[C@@H](Cc1ccc(O)cc1)C(=O)N[C@@H](CCC(N)=O)C(=O)N[C@@H](CCC(=O)O)C(=O)O. The molecular formula is C50H72N10O15S. The summed E-state index contributed by atoms with van der Waals surface area (Å²) in [6.45, 7) is 9.18. The lowest BCUT2D eigenvalue weighted by Crippen LogP contribution is -2.60. The van der Waals surface area contributed by atoms with Crippen molar-refractivity contribution >= 4 is 82.0 Å². The molecule has 25 nitrogen and oxygen atoms in total. The zero-order valence-corrected chi connectivity index (χ0v) is 44.2. The number of aromatic hydroxyl groups is 1. The number of hydrogen-bond acceptors (Lipinski definition) is 15. The number of carboxylic acid groups (broad SMARTS) is 2. The lowest BCUT2D eigenvalue weighted by Gasteiger charge is -2.29. The number of benzene rings is 2. The Hall–Kier alpha value is -7.61. The van der Waals surface area contributed by atoms with Gasteiger partial charge in [0.15, 0.2) is 5.12 Å². The molecule has 0 spiro atoms. The van der Waals surface area contributed by atoms with Crippen molar-refractivity contribution < 1.29 is 72.9 Å². The Balaban J connectivity index is 2.42. The van der Waals surface area contributed by atoms with Crippen molar-refractivity contribution in [3.63, 3.8) is 0 Å². The number of thioether (sulfide) groups is 1. The Kier molecular flexibility index (Phi) is 27.7. The summed E-state index contributed by atoms with van der Waals surface area (Å²) in [7, 11) is 0. The van der Waals surface area contributed by atoms with Crippen LogP contribution in [-0.4, -0.2) is 146 Å². The summed E-state index contributed by atoms with van der Waals surface area (Å²) in [5, 5.41) is 48.5. The number of nitrogens with one attached hydrogen (secondary N) is 8. The molecule has 0 aromatic heterocycles. The monoisotopic (exact) mass is 1080 g/mol. The van der Waals surface area contributed by atoms with E-state index < -0.39 is 146 Å². The van der Waals surface area contributed by atoms with Gasteiger partial charge in [-0.25, -0.2) is 4.79 Å². The zero-order valence-electron chi connectivity index (χ0n) is 43.3. The Bertz CT molecular complexity index is 2360. The van der Waals surface area contributed by atoms with Gasteiger partial charge in [-0.3, -0.25) is 52.7 Å². The van der Waals surface area contributed by atoms with Gasteiger partial charge in [-0.2, -0.15) is 0 Å². The molecule has 0 aliphatic heterocycles. The van der Waals surface area contributed by atoms with E-state index in [4.69, 9.17) is 16.6 Å². The molecule has 0 saturated carbocycles. The van der Waals surface area contributed by atoms with Crippen molar-refractivity contribution in [3.8, 4) is 5.75 Å². The molecule has 2 rings (SSSR count). The quantitative estimate of drug-likeness (QED) is 0.0392. The van der Waals surface area contributed by atoms with Crippen LogP contribution in [0.4, 0.5) is 0 Å². The molecular weight excluding hydrogens is 1010 g/mol. The molecule has 0 radical (unpaired) electrons. The maximum Gasteiger partial charge on any atom is 0.326 e. The number of primary amides is 1. The first-order valence-corrected chi connectivity index (χ1v) is 25.5. The normalized spacial score (nSPS) is 14.2. The van der Waals surface area contributed by atoms with Gasteiger partial charge in [-0.1, -0.05) is 81.9 Å². The van der Waals surface area contributed by atoms with E-state index >= 15 is 0 Å². The highest BCUT2D eigenvalue weighted by atomic mass is 32.2. The number of hydrogen-bond donors (Lipinski definition) is 13. The lowest BCUT2D eigenvalue weighted by molar-refractivity contribution is -0.143. The van der Waals surface area contributed by atoms with Crippen LogP contribution in [0.15, 0.2) is 54.6 Å². The standard InChI is InChI=1S/C50H72N10O15S/c1-26(2)20-36(59-49(73)38(22-30-10-8-7-9-11-30)57-43(67)28(5)54-41(64)24-53-44(68)33(51)25-76-29(6)61)46(70)58-37(21-27(3)4)47(71)60-39(23-31-12-14-32(62)15-13-31)48(72)55-34(16-18-40(52)63)45(69)56-35(50(74)75)17-19-42(65)66/h7-15,26-28,33-39,62H,16-25,51H2,1-6H3,(H2,52,63)(H,53,68)(H,54,64)(H,55,72)(H,56,69)(H,57,67)(H,58,70)(H,59,73)(H,60,71)(H,65,66)(H,74,75)/t28-,33-,34-,35-,36-,37-,38-,39-/m0/s1. The van der Waals surface area contributed by atoms with Crippen molar-refractivity contribution in [1.29, 1.82) is 0 Å². The Morgan fingerprint density at radius 3 is 1.45 bits per heavy atom. The van der Waals surface area contributed by atoms with Crippen LogP contribution >= 0.6 is 11.8 Å². The first kappa shape index (κ1) is 64.5. The second-order valence-electron chi connectivity index (χ2n) is 18.9. The molecule has 0 saturated heterocycles. The topological polar surface area (TPSA) is 414 Å². The maximum absolute atomic E-state index is 14.3. The molecule has 418 valence electrons. The number of nitrogens with two attached hydrogens (primary N) is 2. The smallest absolute Gasteiger partial charge is 0.326 e. The van der Waals surface area contributed by atoms with Crippen LogP contribution in [0.2, 0.25) is 0 Å². The number of phenols is 1. The van der Waals surface area contributed by atoms with E-state index in [0.29, 0.717) is 11.1 Å². The molecule has 2 aromatic carbocycles. The summed E-state index contributed by atoms with van der Waals surface area (Å²) < 4.78 is 0. The molecule has 0 fully saturated rings. The lowest BCUT2D eigenvalue weighted by atomic mass is 9.98. The zero-order chi connectivity index (χ0) is 57.2. The third kappa shape index (κ3) is 25.1. The molecule has 26 heteroatoms. The fourth-order valence-electron chi connectivity index (χ4n) is 7.22. The van der Waals surface area contributed by atoms with Crippen LogP contribution in [0.3, 0.4) is 0 Å². The molecule has 9 amide bonds. The number of amides is 9. The van der Waals surface area contributed by atoms with Crippen LogP contribution in [0.5, 0.6) is 5.75 Å². The summed E-state index contributed by atoms with van der Waals surface area (Å²) in [6, 6.07) is 2.97. The molecule has 8 atom stereocenters. The molecule has 0 heterocycles. The largest absolute Gasteiger partial charge is 0.508 e. The van der Waals surface area contributed by atoms with E-state index in [1.165, 1.54) is 38.1 Å². The van der Waals surface area contributed by atoms with Gasteiger partial charge >= 0.3 is 11.9 Å². The highest BCUT2D eigenvalue weighted by Gasteiger charge is 2.35. The first-order chi connectivity index (χ1) is 35.6. The van der Waals surface area contributed by atoms with Gasteiger partial charge in [-0.15, -0.1) is 0 Å². The molecule has 15 N–H and O–H groups in total. The van der Waals surface area contributed by atoms with E-state index in [1.54, 1.807) is 58.0 Å². The molecule has 0 unspecified atom stereocenters. The predicted molar refractivity (Wildman–Crippen MR) is 277 cm³/mol. The van der Waals surface area contributed by atoms with E-state index in [2.05, 4.69) is 42.5 Å². The molecule has 0 bridgehead atoms. The van der Waals surface area contributed by atoms with Crippen LogP contribution < -0.4 is 54.0 Å². The average Bonchev–Trinajstić information content (AvgIpc) is 3.34. The second-order valence-corrected chi connectivity index (χ2v) is 20.1. The average molecular weight is 1090 g/mol. The summed E-state index contributed by atoms with van der Waals surface area (Å²) in [6.07, 6.45) is -2.34. The summed E-state index contributed by atoms with van der Waals surface area (Å²) in [5.41, 5.74) is 12.1. The van der Waals surface area contributed by atoms with E-state index in [1.807, 2.05) is 0 Å². The molecule has 0 aliphatic rings. The molecule has 0 aliphatic carbocycles. The van der Waals surface area contributed by atoms with Crippen LogP contribution in [0, 0.1) is 11.8 Å². The van der Waals surface area contributed by atoms with E-state index in [0.717, 1.165) is 11.8 Å². The predicted octanol–water partition coefficient (Wildman–Crippen LogP) is -1.38. The minimum absolute atomic E-state index is 0.00422. The summed E-state index contributed by atoms with van der Waals surface area (Å²) >= 11 is 0.841. The third-order valence-corrected chi connectivity index (χ3v) is 12.1. The highest BCUT2D eigenvalue weighted by molar-refractivity contribution is 8.13.